The number of benzene rings is 1. The van der Waals surface area contributed by atoms with Crippen molar-refractivity contribution in [1.29, 1.82) is 0 Å². The molecule has 6 heteroatoms. The Bertz CT molecular complexity index is 536. The highest BCUT2D eigenvalue weighted by Crippen LogP contribution is 2.41. The second-order valence-corrected chi connectivity index (χ2v) is 7.79. The van der Waals surface area contributed by atoms with E-state index < -0.39 is 0 Å². The number of guanidine groups is 1. The van der Waals surface area contributed by atoms with Crippen LogP contribution in [-0.2, 0) is 0 Å². The molecule has 2 rings (SSSR count). The SMILES string of the molecule is CCNC(=NCC(C)(C)SC)NC1CC1c1ccccc1F.I. The van der Waals surface area contributed by atoms with Gasteiger partial charge in [0.1, 0.15) is 5.82 Å². The van der Waals surface area contributed by atoms with Gasteiger partial charge in [-0.25, -0.2) is 4.39 Å². The third-order valence-electron chi connectivity index (χ3n) is 3.93. The van der Waals surface area contributed by atoms with Crippen molar-refractivity contribution < 1.29 is 4.39 Å². The number of nitrogens with one attached hydrogen (secondary N) is 2. The lowest BCUT2D eigenvalue weighted by Gasteiger charge is -2.20. The molecule has 3 nitrogen and oxygen atoms in total. The molecule has 0 spiro atoms. The van der Waals surface area contributed by atoms with Crippen LogP contribution in [0.15, 0.2) is 29.3 Å². The highest BCUT2D eigenvalue weighted by Gasteiger charge is 2.40. The van der Waals surface area contributed by atoms with Crippen molar-refractivity contribution in [1.82, 2.24) is 10.6 Å². The molecule has 130 valence electrons. The maximum Gasteiger partial charge on any atom is 0.191 e. The summed E-state index contributed by atoms with van der Waals surface area (Å²) in [5.74, 6) is 0.967. The average Bonchev–Trinajstić information content (AvgIpc) is 3.25. The van der Waals surface area contributed by atoms with Crippen molar-refractivity contribution in [2.45, 2.75) is 43.9 Å². The second kappa shape index (κ2) is 9.11. The van der Waals surface area contributed by atoms with Gasteiger partial charge in [-0.15, -0.1) is 24.0 Å². The van der Waals surface area contributed by atoms with E-state index in [-0.39, 0.29) is 46.5 Å². The van der Waals surface area contributed by atoms with Gasteiger partial charge in [0.05, 0.1) is 6.54 Å². The van der Waals surface area contributed by atoms with E-state index >= 15 is 0 Å². The van der Waals surface area contributed by atoms with Crippen molar-refractivity contribution in [3.05, 3.63) is 35.6 Å². The fraction of sp³-hybridized carbons (Fsp3) is 0.588. The average molecular weight is 451 g/mol. The van der Waals surface area contributed by atoms with Crippen LogP contribution in [-0.4, -0.2) is 36.1 Å². The van der Waals surface area contributed by atoms with Gasteiger partial charge in [-0.2, -0.15) is 11.8 Å². The molecule has 1 fully saturated rings. The molecular weight excluding hydrogens is 424 g/mol. The minimum Gasteiger partial charge on any atom is -0.357 e. The maximum atomic E-state index is 13.8. The lowest BCUT2D eigenvalue weighted by atomic mass is 10.1. The van der Waals surface area contributed by atoms with E-state index in [4.69, 9.17) is 0 Å². The highest BCUT2D eigenvalue weighted by atomic mass is 127. The van der Waals surface area contributed by atoms with Gasteiger partial charge < -0.3 is 10.6 Å². The Hall–Kier alpha value is -0.500. The van der Waals surface area contributed by atoms with Gasteiger partial charge in [-0.05, 0) is 45.1 Å². The quantitative estimate of drug-likeness (QED) is 0.390. The number of hydrogen-bond acceptors (Lipinski definition) is 2. The van der Waals surface area contributed by atoms with E-state index in [0.29, 0.717) is 0 Å². The first-order valence-electron chi connectivity index (χ1n) is 7.81. The molecule has 1 saturated carbocycles. The largest absolute Gasteiger partial charge is 0.357 e. The van der Waals surface area contributed by atoms with Crippen molar-refractivity contribution in [3.8, 4) is 0 Å². The summed E-state index contributed by atoms with van der Waals surface area (Å²) in [6.45, 7) is 8.00. The summed E-state index contributed by atoms with van der Waals surface area (Å²) in [7, 11) is 0. The normalized spacial score (nSPS) is 20.7. The zero-order chi connectivity index (χ0) is 16.2. The molecule has 0 radical (unpaired) electrons. The van der Waals surface area contributed by atoms with Crippen LogP contribution in [0.25, 0.3) is 0 Å². The van der Waals surface area contributed by atoms with Crippen molar-refractivity contribution in [2.24, 2.45) is 4.99 Å². The van der Waals surface area contributed by atoms with E-state index in [0.717, 1.165) is 31.0 Å². The molecule has 23 heavy (non-hydrogen) atoms. The summed E-state index contributed by atoms with van der Waals surface area (Å²) < 4.78 is 13.9. The minimum absolute atomic E-state index is 0. The van der Waals surface area contributed by atoms with E-state index in [1.165, 1.54) is 6.07 Å². The Balaban J connectivity index is 0.00000264. The van der Waals surface area contributed by atoms with E-state index in [1.54, 1.807) is 6.07 Å². The summed E-state index contributed by atoms with van der Waals surface area (Å²) in [6, 6.07) is 7.31. The molecule has 0 amide bonds. The van der Waals surface area contributed by atoms with Crippen molar-refractivity contribution >= 4 is 41.7 Å². The van der Waals surface area contributed by atoms with Crippen LogP contribution in [0.1, 0.15) is 38.7 Å². The Labute approximate surface area is 160 Å². The van der Waals surface area contributed by atoms with Crippen LogP contribution < -0.4 is 10.6 Å². The molecule has 1 aromatic rings. The Morgan fingerprint density at radius 1 is 1.39 bits per heavy atom. The molecule has 0 heterocycles. The van der Waals surface area contributed by atoms with Gasteiger partial charge in [0, 0.05) is 23.3 Å². The topological polar surface area (TPSA) is 36.4 Å². The number of rotatable bonds is 6. The molecule has 2 N–H and O–H groups in total. The number of thioether (sulfide) groups is 1. The zero-order valence-electron chi connectivity index (χ0n) is 14.2. The molecule has 1 aliphatic carbocycles. The Kier molecular flexibility index (Phi) is 8.13. The molecule has 0 aliphatic heterocycles. The predicted octanol–water partition coefficient (Wildman–Crippen LogP) is 4.00. The molecular formula is C17H27FIN3S. The van der Waals surface area contributed by atoms with Crippen molar-refractivity contribution in [2.75, 3.05) is 19.3 Å². The van der Waals surface area contributed by atoms with Gasteiger partial charge in [0.2, 0.25) is 0 Å². The fourth-order valence-electron chi connectivity index (χ4n) is 2.30. The molecule has 0 bridgehead atoms. The van der Waals surface area contributed by atoms with Gasteiger partial charge in [-0.3, -0.25) is 4.99 Å². The number of hydrogen-bond donors (Lipinski definition) is 2. The van der Waals surface area contributed by atoms with Crippen LogP contribution in [0.4, 0.5) is 4.39 Å². The van der Waals surface area contributed by atoms with Crippen LogP contribution in [0.5, 0.6) is 0 Å². The van der Waals surface area contributed by atoms with E-state index in [1.807, 2.05) is 23.9 Å². The van der Waals surface area contributed by atoms with Gasteiger partial charge in [0.25, 0.3) is 0 Å². The van der Waals surface area contributed by atoms with Gasteiger partial charge >= 0.3 is 0 Å². The van der Waals surface area contributed by atoms with Crippen LogP contribution in [0, 0.1) is 5.82 Å². The molecule has 0 saturated heterocycles. The lowest BCUT2D eigenvalue weighted by Crippen LogP contribution is -2.40. The molecule has 1 aliphatic rings. The molecule has 2 atom stereocenters. The number of nitrogens with zero attached hydrogens (tertiary/aromatic N) is 1. The highest BCUT2D eigenvalue weighted by molar-refractivity contribution is 14.0. The number of aliphatic imine (C=N–C) groups is 1. The Morgan fingerprint density at radius 3 is 2.70 bits per heavy atom. The smallest absolute Gasteiger partial charge is 0.191 e. The van der Waals surface area contributed by atoms with E-state index in [9.17, 15) is 4.39 Å². The van der Waals surface area contributed by atoms with E-state index in [2.05, 4.69) is 42.7 Å². The zero-order valence-corrected chi connectivity index (χ0v) is 17.4. The Morgan fingerprint density at radius 2 is 2.09 bits per heavy atom. The summed E-state index contributed by atoms with van der Waals surface area (Å²) >= 11 is 1.81. The first-order valence-corrected chi connectivity index (χ1v) is 9.03. The maximum absolute atomic E-state index is 13.8. The van der Waals surface area contributed by atoms with Gasteiger partial charge in [0.15, 0.2) is 5.96 Å². The van der Waals surface area contributed by atoms with Crippen molar-refractivity contribution in [3.63, 3.8) is 0 Å². The standard InChI is InChI=1S/C17H26FN3S.HI/c1-5-19-16(20-11-17(2,3)22-4)21-15-10-13(15)12-8-6-7-9-14(12)18;/h6-9,13,15H,5,10-11H2,1-4H3,(H2,19,20,21);1H. The van der Waals surface area contributed by atoms with Crippen LogP contribution in [0.3, 0.4) is 0 Å². The fourth-order valence-corrected chi connectivity index (χ4v) is 2.50. The third-order valence-corrected chi connectivity index (χ3v) is 5.17. The summed E-state index contributed by atoms with van der Waals surface area (Å²) in [4.78, 5) is 4.67. The first-order chi connectivity index (χ1) is 10.5. The summed E-state index contributed by atoms with van der Waals surface area (Å²) in [5, 5.41) is 6.70. The molecule has 2 unspecified atom stereocenters. The first kappa shape index (κ1) is 20.5. The minimum atomic E-state index is -0.109. The second-order valence-electron chi connectivity index (χ2n) is 6.27. The monoisotopic (exact) mass is 451 g/mol. The van der Waals surface area contributed by atoms with Gasteiger partial charge in [-0.1, -0.05) is 18.2 Å². The van der Waals surface area contributed by atoms with Crippen LogP contribution in [0.2, 0.25) is 0 Å². The molecule has 0 aromatic heterocycles. The number of halogens is 2. The predicted molar refractivity (Wildman–Crippen MR) is 110 cm³/mol. The molecule has 1 aromatic carbocycles. The third kappa shape index (κ3) is 6.14. The lowest BCUT2D eigenvalue weighted by molar-refractivity contribution is 0.607. The summed E-state index contributed by atoms with van der Waals surface area (Å²) in [5.41, 5.74) is 0.806. The van der Waals surface area contributed by atoms with Crippen LogP contribution >= 0.6 is 35.7 Å². The summed E-state index contributed by atoms with van der Waals surface area (Å²) in [6.07, 6.45) is 3.06.